The van der Waals surface area contributed by atoms with Gasteiger partial charge in [-0.25, -0.2) is 18.4 Å². The molecule has 0 saturated carbocycles. The zero-order valence-electron chi connectivity index (χ0n) is 11.7. The summed E-state index contributed by atoms with van der Waals surface area (Å²) in [6.45, 7) is 0. The van der Waals surface area contributed by atoms with Gasteiger partial charge in [-0.3, -0.25) is 0 Å². The fraction of sp³-hybridized carbons (Fsp3) is 0.0714. The normalized spacial score (nSPS) is 10.8. The fourth-order valence-corrected chi connectivity index (χ4v) is 2.28. The number of rotatable bonds is 4. The molecule has 0 bridgehead atoms. The summed E-state index contributed by atoms with van der Waals surface area (Å²) in [6, 6.07) is 12.0. The average Bonchev–Trinajstić information content (AvgIpc) is 2.47. The Morgan fingerprint density at radius 2 is 1.68 bits per heavy atom. The third-order valence-electron chi connectivity index (χ3n) is 2.80. The summed E-state index contributed by atoms with van der Waals surface area (Å²) in [5, 5.41) is 10.2. The molecule has 0 aliphatic heterocycles. The van der Waals surface area contributed by atoms with Gasteiger partial charge in [0.15, 0.2) is 0 Å². The maximum Gasteiger partial charge on any atom is 0.323 e. The summed E-state index contributed by atoms with van der Waals surface area (Å²) in [4.78, 5) is 11.9. The SMILES string of the molecule is COc1ccccc1NC(=O)Nc1ccc(S(N)(=O)=O)cc1. The van der Waals surface area contributed by atoms with Crippen LogP contribution in [-0.2, 0) is 10.0 Å². The highest BCUT2D eigenvalue weighted by atomic mass is 32.2. The van der Waals surface area contributed by atoms with Crippen molar-refractivity contribution in [1.82, 2.24) is 0 Å². The zero-order valence-corrected chi connectivity index (χ0v) is 12.6. The quantitative estimate of drug-likeness (QED) is 0.799. The number of nitrogens with two attached hydrogens (primary N) is 1. The van der Waals surface area contributed by atoms with Crippen molar-refractivity contribution >= 4 is 27.4 Å². The smallest absolute Gasteiger partial charge is 0.323 e. The third kappa shape index (κ3) is 3.96. The van der Waals surface area contributed by atoms with Crippen molar-refractivity contribution in [3.05, 3.63) is 48.5 Å². The second-order valence-electron chi connectivity index (χ2n) is 4.35. The largest absolute Gasteiger partial charge is 0.495 e. The van der Waals surface area contributed by atoms with E-state index in [1.54, 1.807) is 24.3 Å². The van der Waals surface area contributed by atoms with Gasteiger partial charge in [0.2, 0.25) is 10.0 Å². The second kappa shape index (κ2) is 6.46. The van der Waals surface area contributed by atoms with E-state index in [2.05, 4.69) is 10.6 Å². The van der Waals surface area contributed by atoms with Crippen molar-refractivity contribution in [2.45, 2.75) is 4.90 Å². The lowest BCUT2D eigenvalue weighted by molar-refractivity contribution is 0.262. The predicted octanol–water partition coefficient (Wildman–Crippen LogP) is 1.99. The van der Waals surface area contributed by atoms with Crippen LogP contribution in [0.1, 0.15) is 0 Å². The lowest BCUT2D eigenvalue weighted by Crippen LogP contribution is -2.20. The number of hydrogen-bond donors (Lipinski definition) is 3. The van der Waals surface area contributed by atoms with E-state index in [0.717, 1.165) is 0 Å². The maximum atomic E-state index is 11.9. The molecule has 22 heavy (non-hydrogen) atoms. The topological polar surface area (TPSA) is 111 Å². The molecule has 0 atom stereocenters. The fourth-order valence-electron chi connectivity index (χ4n) is 1.76. The van der Waals surface area contributed by atoms with Crippen LogP contribution in [0.2, 0.25) is 0 Å². The van der Waals surface area contributed by atoms with E-state index in [4.69, 9.17) is 9.88 Å². The van der Waals surface area contributed by atoms with E-state index >= 15 is 0 Å². The molecule has 0 fully saturated rings. The number of urea groups is 1. The number of para-hydroxylation sites is 2. The molecule has 2 aromatic carbocycles. The molecule has 0 unspecified atom stereocenters. The highest BCUT2D eigenvalue weighted by Gasteiger charge is 2.09. The van der Waals surface area contributed by atoms with Gasteiger partial charge in [0.25, 0.3) is 0 Å². The van der Waals surface area contributed by atoms with Crippen molar-refractivity contribution in [1.29, 1.82) is 0 Å². The molecule has 0 aliphatic carbocycles. The third-order valence-corrected chi connectivity index (χ3v) is 3.73. The molecular weight excluding hydrogens is 306 g/mol. The van der Waals surface area contributed by atoms with Gasteiger partial charge in [-0.1, -0.05) is 12.1 Å². The Balaban J connectivity index is 2.06. The number of ether oxygens (including phenoxy) is 1. The molecule has 0 radical (unpaired) electrons. The number of carbonyl (C=O) groups is 1. The molecule has 2 aromatic rings. The van der Waals surface area contributed by atoms with E-state index in [9.17, 15) is 13.2 Å². The molecule has 8 heteroatoms. The number of carbonyl (C=O) groups excluding carboxylic acids is 1. The minimum atomic E-state index is -3.75. The lowest BCUT2D eigenvalue weighted by Gasteiger charge is -2.11. The van der Waals surface area contributed by atoms with Crippen LogP contribution in [0.15, 0.2) is 53.4 Å². The molecule has 2 rings (SSSR count). The second-order valence-corrected chi connectivity index (χ2v) is 5.91. The first-order valence-electron chi connectivity index (χ1n) is 6.24. The zero-order chi connectivity index (χ0) is 16.2. The number of sulfonamides is 1. The maximum absolute atomic E-state index is 11.9. The van der Waals surface area contributed by atoms with Gasteiger partial charge < -0.3 is 15.4 Å². The van der Waals surface area contributed by atoms with Gasteiger partial charge in [0.05, 0.1) is 17.7 Å². The summed E-state index contributed by atoms with van der Waals surface area (Å²) in [7, 11) is -2.25. The molecule has 0 saturated heterocycles. The molecule has 0 aromatic heterocycles. The van der Waals surface area contributed by atoms with Crippen molar-refractivity contribution < 1.29 is 17.9 Å². The van der Waals surface area contributed by atoms with Crippen molar-refractivity contribution in [2.75, 3.05) is 17.7 Å². The lowest BCUT2D eigenvalue weighted by atomic mass is 10.3. The number of hydrogen-bond acceptors (Lipinski definition) is 4. The Labute approximate surface area is 128 Å². The van der Waals surface area contributed by atoms with Crippen LogP contribution in [-0.4, -0.2) is 21.6 Å². The van der Waals surface area contributed by atoms with Crippen molar-refractivity contribution in [2.24, 2.45) is 5.14 Å². The first kappa shape index (κ1) is 15.8. The summed E-state index contributed by atoms with van der Waals surface area (Å²) < 4.78 is 27.4. The monoisotopic (exact) mass is 321 g/mol. The van der Waals surface area contributed by atoms with E-state index in [-0.39, 0.29) is 4.90 Å². The Morgan fingerprint density at radius 1 is 1.05 bits per heavy atom. The van der Waals surface area contributed by atoms with Crippen LogP contribution >= 0.6 is 0 Å². The van der Waals surface area contributed by atoms with Crippen LogP contribution in [0.25, 0.3) is 0 Å². The molecule has 2 amide bonds. The van der Waals surface area contributed by atoms with Crippen LogP contribution in [0.3, 0.4) is 0 Å². The van der Waals surface area contributed by atoms with Gasteiger partial charge in [0, 0.05) is 5.69 Å². The number of amides is 2. The summed E-state index contributed by atoms with van der Waals surface area (Å²) in [5.74, 6) is 0.530. The van der Waals surface area contributed by atoms with E-state index in [1.165, 1.54) is 31.4 Å². The van der Waals surface area contributed by atoms with Crippen LogP contribution in [0, 0.1) is 0 Å². The van der Waals surface area contributed by atoms with E-state index in [1.807, 2.05) is 0 Å². The molecule has 0 heterocycles. The Morgan fingerprint density at radius 3 is 2.27 bits per heavy atom. The molecule has 0 spiro atoms. The number of anilines is 2. The molecule has 0 aliphatic rings. The van der Waals surface area contributed by atoms with Gasteiger partial charge in [-0.15, -0.1) is 0 Å². The van der Waals surface area contributed by atoms with Crippen molar-refractivity contribution in [3.8, 4) is 5.75 Å². The standard InChI is InChI=1S/C14H15N3O4S/c1-21-13-5-3-2-4-12(13)17-14(18)16-10-6-8-11(9-7-10)22(15,19)20/h2-9H,1H3,(H2,15,19,20)(H2,16,17,18). The summed E-state index contributed by atoms with van der Waals surface area (Å²) in [6.07, 6.45) is 0. The summed E-state index contributed by atoms with van der Waals surface area (Å²) >= 11 is 0. The highest BCUT2D eigenvalue weighted by molar-refractivity contribution is 7.89. The summed E-state index contributed by atoms with van der Waals surface area (Å²) in [5.41, 5.74) is 0.948. The number of methoxy groups -OCH3 is 1. The van der Waals surface area contributed by atoms with Crippen molar-refractivity contribution in [3.63, 3.8) is 0 Å². The van der Waals surface area contributed by atoms with E-state index in [0.29, 0.717) is 17.1 Å². The van der Waals surface area contributed by atoms with Gasteiger partial charge in [0.1, 0.15) is 5.75 Å². The Kier molecular flexibility index (Phi) is 4.64. The van der Waals surface area contributed by atoms with E-state index < -0.39 is 16.1 Å². The first-order chi connectivity index (χ1) is 10.4. The van der Waals surface area contributed by atoms with Gasteiger partial charge in [-0.2, -0.15) is 0 Å². The predicted molar refractivity (Wildman–Crippen MR) is 83.5 cm³/mol. The minimum Gasteiger partial charge on any atom is -0.495 e. The highest BCUT2D eigenvalue weighted by Crippen LogP contribution is 2.23. The minimum absolute atomic E-state index is 0.0248. The average molecular weight is 321 g/mol. The number of primary sulfonamides is 1. The first-order valence-corrected chi connectivity index (χ1v) is 7.78. The Hall–Kier alpha value is -2.58. The number of benzene rings is 2. The van der Waals surface area contributed by atoms with Crippen LogP contribution in [0.5, 0.6) is 5.75 Å². The van der Waals surface area contributed by atoms with Gasteiger partial charge in [-0.05, 0) is 36.4 Å². The Bertz CT molecular complexity index is 773. The molecule has 4 N–H and O–H groups in total. The molecular formula is C14H15N3O4S. The molecule has 7 nitrogen and oxygen atoms in total. The van der Waals surface area contributed by atoms with Crippen LogP contribution in [0.4, 0.5) is 16.2 Å². The molecule has 116 valence electrons. The van der Waals surface area contributed by atoms with Crippen LogP contribution < -0.4 is 20.5 Å². The number of nitrogens with one attached hydrogen (secondary N) is 2. The van der Waals surface area contributed by atoms with Gasteiger partial charge >= 0.3 is 6.03 Å².